The van der Waals surface area contributed by atoms with Crippen molar-refractivity contribution < 1.29 is 28.5 Å². The van der Waals surface area contributed by atoms with Gasteiger partial charge in [-0.25, -0.2) is 4.79 Å². The zero-order chi connectivity index (χ0) is 15.7. The lowest BCUT2D eigenvalue weighted by Gasteiger charge is -2.23. The van der Waals surface area contributed by atoms with Gasteiger partial charge in [-0.2, -0.15) is 0 Å². The highest BCUT2D eigenvalue weighted by atomic mass is 16.8. The number of hydrogen-bond donors (Lipinski definition) is 0. The summed E-state index contributed by atoms with van der Waals surface area (Å²) in [6.07, 6.45) is -2.24. The molecule has 0 radical (unpaired) electrons. The van der Waals surface area contributed by atoms with Gasteiger partial charge in [0.2, 0.25) is 0 Å². The van der Waals surface area contributed by atoms with Crippen LogP contribution in [0.4, 0.5) is 0 Å². The number of esters is 1. The van der Waals surface area contributed by atoms with Gasteiger partial charge in [0.05, 0.1) is 13.2 Å². The molecule has 3 unspecified atom stereocenters. The van der Waals surface area contributed by atoms with Crippen molar-refractivity contribution in [3.05, 3.63) is 35.9 Å². The molecule has 0 saturated carbocycles. The van der Waals surface area contributed by atoms with Crippen LogP contribution in [0.1, 0.15) is 19.4 Å². The lowest BCUT2D eigenvalue weighted by molar-refractivity contribution is -0.168. The summed E-state index contributed by atoms with van der Waals surface area (Å²) in [5.74, 6) is -2.31. The van der Waals surface area contributed by atoms with E-state index in [1.54, 1.807) is 13.8 Å². The molecule has 0 N–H and O–H groups in total. The molecule has 2 saturated heterocycles. The van der Waals surface area contributed by atoms with Crippen LogP contribution in [0.5, 0.6) is 0 Å². The molecule has 3 rings (SSSR count). The quantitative estimate of drug-likeness (QED) is 0.615. The van der Waals surface area contributed by atoms with E-state index in [4.69, 9.17) is 18.9 Å². The van der Waals surface area contributed by atoms with Gasteiger partial charge >= 0.3 is 5.97 Å². The Hall–Kier alpha value is -1.76. The van der Waals surface area contributed by atoms with Gasteiger partial charge in [0.1, 0.15) is 6.10 Å². The van der Waals surface area contributed by atoms with E-state index in [2.05, 4.69) is 0 Å². The van der Waals surface area contributed by atoms with E-state index in [1.165, 1.54) is 0 Å². The predicted molar refractivity (Wildman–Crippen MR) is 74.8 cm³/mol. The molecule has 0 aromatic heterocycles. The zero-order valence-corrected chi connectivity index (χ0v) is 12.5. The maximum atomic E-state index is 12.0. The third-order valence-corrected chi connectivity index (χ3v) is 3.67. The zero-order valence-electron chi connectivity index (χ0n) is 12.5. The summed E-state index contributed by atoms with van der Waals surface area (Å²) in [5.41, 5.74) is 0.914. The van der Waals surface area contributed by atoms with Gasteiger partial charge in [0.25, 0.3) is 5.78 Å². The lowest BCUT2D eigenvalue weighted by atomic mass is 10.1. The van der Waals surface area contributed by atoms with Crippen molar-refractivity contribution in [3.63, 3.8) is 0 Å². The van der Waals surface area contributed by atoms with E-state index in [-0.39, 0.29) is 13.2 Å². The molecule has 1 aromatic rings. The molecule has 2 aliphatic heterocycles. The van der Waals surface area contributed by atoms with Gasteiger partial charge < -0.3 is 18.9 Å². The molecule has 2 heterocycles. The summed E-state index contributed by atoms with van der Waals surface area (Å²) in [6.45, 7) is 4.02. The topological polar surface area (TPSA) is 71.1 Å². The van der Waals surface area contributed by atoms with Gasteiger partial charge in [-0.3, -0.25) is 4.79 Å². The van der Waals surface area contributed by atoms with Crippen molar-refractivity contribution in [2.45, 2.75) is 44.6 Å². The molecule has 1 aromatic carbocycles. The molecular formula is C16H18O6. The molecule has 0 amide bonds. The third-order valence-electron chi connectivity index (χ3n) is 3.67. The standard InChI is InChI=1S/C16H18O6/c1-16(2)20-9-11(22-16)13-14(12(17)15(18)21-13)19-8-10-6-4-3-5-7-10/h3-7,11,13-14H,8-9H2,1-2H3. The lowest BCUT2D eigenvalue weighted by Crippen LogP contribution is -2.41. The highest BCUT2D eigenvalue weighted by Crippen LogP contribution is 2.30. The fourth-order valence-corrected chi connectivity index (χ4v) is 2.59. The van der Waals surface area contributed by atoms with E-state index < -0.39 is 35.9 Å². The Morgan fingerprint density at radius 2 is 1.95 bits per heavy atom. The number of cyclic esters (lactones) is 1. The largest absolute Gasteiger partial charge is 0.450 e. The van der Waals surface area contributed by atoms with Gasteiger partial charge in [-0.15, -0.1) is 0 Å². The average Bonchev–Trinajstić information content (AvgIpc) is 2.99. The summed E-state index contributed by atoms with van der Waals surface area (Å²) < 4.78 is 21.9. The van der Waals surface area contributed by atoms with Crippen LogP contribution in [-0.2, 0) is 35.1 Å². The number of rotatable bonds is 4. The Morgan fingerprint density at radius 3 is 2.59 bits per heavy atom. The van der Waals surface area contributed by atoms with Crippen LogP contribution >= 0.6 is 0 Å². The molecule has 0 spiro atoms. The fraction of sp³-hybridized carbons (Fsp3) is 0.500. The van der Waals surface area contributed by atoms with Crippen LogP contribution in [0.15, 0.2) is 30.3 Å². The van der Waals surface area contributed by atoms with Crippen LogP contribution in [0, 0.1) is 0 Å². The van der Waals surface area contributed by atoms with Crippen LogP contribution in [0.3, 0.4) is 0 Å². The number of ketones is 1. The first-order valence-corrected chi connectivity index (χ1v) is 7.18. The molecule has 6 heteroatoms. The first-order chi connectivity index (χ1) is 10.5. The maximum Gasteiger partial charge on any atom is 0.378 e. The second-order valence-corrected chi connectivity index (χ2v) is 5.82. The SMILES string of the molecule is CC1(C)OCC(C2OC(=O)C(=O)C2OCc2ccccc2)O1. The highest BCUT2D eigenvalue weighted by molar-refractivity contribution is 6.37. The Balaban J connectivity index is 1.69. The first-order valence-electron chi connectivity index (χ1n) is 7.18. The van der Waals surface area contributed by atoms with E-state index in [9.17, 15) is 9.59 Å². The van der Waals surface area contributed by atoms with Crippen molar-refractivity contribution in [1.29, 1.82) is 0 Å². The highest BCUT2D eigenvalue weighted by Gasteiger charge is 2.52. The number of Topliss-reactive ketones (excluding diaryl/α,β-unsaturated/α-hetero) is 1. The van der Waals surface area contributed by atoms with E-state index in [0.717, 1.165) is 5.56 Å². The molecule has 2 aliphatic rings. The smallest absolute Gasteiger partial charge is 0.378 e. The number of benzene rings is 1. The Labute approximate surface area is 128 Å². The molecule has 3 atom stereocenters. The van der Waals surface area contributed by atoms with Gasteiger partial charge in [-0.1, -0.05) is 30.3 Å². The minimum Gasteiger partial charge on any atom is -0.450 e. The van der Waals surface area contributed by atoms with Crippen molar-refractivity contribution in [2.24, 2.45) is 0 Å². The van der Waals surface area contributed by atoms with E-state index in [1.807, 2.05) is 30.3 Å². The molecular weight excluding hydrogens is 288 g/mol. The van der Waals surface area contributed by atoms with E-state index in [0.29, 0.717) is 0 Å². The minimum atomic E-state index is -0.963. The van der Waals surface area contributed by atoms with Gasteiger partial charge in [-0.05, 0) is 19.4 Å². The monoisotopic (exact) mass is 306 g/mol. The van der Waals surface area contributed by atoms with Gasteiger partial charge in [0, 0.05) is 0 Å². The summed E-state index contributed by atoms with van der Waals surface area (Å²) in [7, 11) is 0. The van der Waals surface area contributed by atoms with Crippen LogP contribution < -0.4 is 0 Å². The second-order valence-electron chi connectivity index (χ2n) is 5.82. The average molecular weight is 306 g/mol. The normalized spacial score (nSPS) is 30.5. The molecule has 0 bridgehead atoms. The van der Waals surface area contributed by atoms with Gasteiger partial charge in [0.15, 0.2) is 18.0 Å². The fourth-order valence-electron chi connectivity index (χ4n) is 2.59. The van der Waals surface area contributed by atoms with Crippen molar-refractivity contribution >= 4 is 11.8 Å². The Kier molecular flexibility index (Phi) is 3.99. The van der Waals surface area contributed by atoms with Crippen molar-refractivity contribution in [1.82, 2.24) is 0 Å². The second kappa shape index (κ2) is 5.79. The summed E-state index contributed by atoms with van der Waals surface area (Å²) in [6, 6.07) is 9.42. The molecule has 22 heavy (non-hydrogen) atoms. The van der Waals surface area contributed by atoms with Crippen LogP contribution in [-0.4, -0.2) is 42.5 Å². The van der Waals surface area contributed by atoms with Crippen molar-refractivity contribution in [3.8, 4) is 0 Å². The first kappa shape index (κ1) is 15.1. The van der Waals surface area contributed by atoms with Crippen molar-refractivity contribution in [2.75, 3.05) is 6.61 Å². The third kappa shape index (κ3) is 3.04. The molecule has 0 aliphatic carbocycles. The number of ether oxygens (including phenoxy) is 4. The Morgan fingerprint density at radius 1 is 1.23 bits per heavy atom. The molecule has 2 fully saturated rings. The minimum absolute atomic E-state index is 0.224. The summed E-state index contributed by atoms with van der Waals surface area (Å²) >= 11 is 0. The van der Waals surface area contributed by atoms with Crippen LogP contribution in [0.25, 0.3) is 0 Å². The number of carbonyl (C=O) groups is 2. The van der Waals surface area contributed by atoms with Crippen LogP contribution in [0.2, 0.25) is 0 Å². The Bertz CT molecular complexity index is 567. The maximum absolute atomic E-state index is 12.0. The summed E-state index contributed by atoms with van der Waals surface area (Å²) in [5, 5.41) is 0. The predicted octanol–water partition coefficient (Wildman–Crippen LogP) is 1.22. The van der Waals surface area contributed by atoms with E-state index >= 15 is 0 Å². The number of carbonyl (C=O) groups excluding carboxylic acids is 2. The molecule has 6 nitrogen and oxygen atoms in total. The summed E-state index contributed by atoms with van der Waals surface area (Å²) in [4.78, 5) is 23.5. The number of hydrogen-bond acceptors (Lipinski definition) is 6. The molecule has 118 valence electrons.